The normalized spacial score (nSPS) is 20.8. The van der Waals surface area contributed by atoms with Gasteiger partial charge in [-0.2, -0.15) is 0 Å². The third-order valence-corrected chi connectivity index (χ3v) is 2.38. The summed E-state index contributed by atoms with van der Waals surface area (Å²) in [5.74, 6) is -1.03. The van der Waals surface area contributed by atoms with Crippen molar-refractivity contribution < 1.29 is 19.1 Å². The highest BCUT2D eigenvalue weighted by atomic mass is 16.5. The Bertz CT molecular complexity index is 301. The Kier molecular flexibility index (Phi) is 6.46. The van der Waals surface area contributed by atoms with Crippen LogP contribution in [0.4, 0.5) is 0 Å². The van der Waals surface area contributed by atoms with Crippen LogP contribution in [0.5, 0.6) is 0 Å². The smallest absolute Gasteiger partial charge is 0.302 e. The topological polar surface area (TPSA) is 63.7 Å². The zero-order chi connectivity index (χ0) is 13.6. The summed E-state index contributed by atoms with van der Waals surface area (Å²) in [6, 6.07) is -0.376. The van der Waals surface area contributed by atoms with E-state index >= 15 is 0 Å². The molecule has 1 aliphatic heterocycles. The molecule has 17 heavy (non-hydrogen) atoms. The standard InChI is InChI=1S/C10H15NO4.C2H6/c1-6-4-9(13)11(10(6)14)7(2)5-15-8(3)12;1-2/h6-7H,4-5H2,1-3H3;1-2H3/t6-,7+;/m1./s1. The van der Waals surface area contributed by atoms with Gasteiger partial charge in [0, 0.05) is 19.3 Å². The second-order valence-corrected chi connectivity index (χ2v) is 3.86. The molecule has 1 fully saturated rings. The molecule has 1 aliphatic rings. The molecule has 0 N–H and O–H groups in total. The van der Waals surface area contributed by atoms with Crippen LogP contribution < -0.4 is 0 Å². The molecule has 0 unspecified atom stereocenters. The monoisotopic (exact) mass is 243 g/mol. The van der Waals surface area contributed by atoms with Crippen molar-refractivity contribution in [2.24, 2.45) is 5.92 Å². The molecule has 0 spiro atoms. The molecule has 5 nitrogen and oxygen atoms in total. The number of carbonyl (C=O) groups is 3. The molecule has 0 saturated carbocycles. The van der Waals surface area contributed by atoms with Crippen LogP contribution in [0.3, 0.4) is 0 Å². The van der Waals surface area contributed by atoms with Crippen molar-refractivity contribution in [1.82, 2.24) is 4.90 Å². The number of rotatable bonds is 3. The zero-order valence-electron chi connectivity index (χ0n) is 11.1. The van der Waals surface area contributed by atoms with E-state index in [2.05, 4.69) is 0 Å². The summed E-state index contributed by atoms with van der Waals surface area (Å²) in [7, 11) is 0. The van der Waals surface area contributed by atoms with Crippen LogP contribution in [0.25, 0.3) is 0 Å². The van der Waals surface area contributed by atoms with E-state index in [1.165, 1.54) is 11.8 Å². The molecule has 98 valence electrons. The maximum atomic E-state index is 11.6. The largest absolute Gasteiger partial charge is 0.464 e. The highest BCUT2D eigenvalue weighted by Crippen LogP contribution is 2.21. The number of ether oxygens (including phenoxy) is 1. The van der Waals surface area contributed by atoms with Gasteiger partial charge in [-0.05, 0) is 6.92 Å². The second kappa shape index (κ2) is 7.04. The maximum absolute atomic E-state index is 11.6. The summed E-state index contributed by atoms with van der Waals surface area (Å²) in [6.45, 7) is 8.78. The lowest BCUT2D eigenvalue weighted by molar-refractivity contribution is -0.149. The Morgan fingerprint density at radius 3 is 2.35 bits per heavy atom. The highest BCUT2D eigenvalue weighted by Gasteiger charge is 2.38. The van der Waals surface area contributed by atoms with Crippen LogP contribution in [0.2, 0.25) is 0 Å². The van der Waals surface area contributed by atoms with E-state index in [0.29, 0.717) is 0 Å². The SMILES string of the molecule is CC.CC(=O)OC[C@H](C)N1C(=O)C[C@@H](C)C1=O. The average Bonchev–Trinajstić information content (AvgIpc) is 2.53. The molecular formula is C12H21NO4. The first-order chi connectivity index (χ1) is 7.93. The Morgan fingerprint density at radius 1 is 1.47 bits per heavy atom. The summed E-state index contributed by atoms with van der Waals surface area (Å²) in [6.07, 6.45) is 0.253. The molecule has 5 heteroatoms. The third-order valence-electron chi connectivity index (χ3n) is 2.38. The van der Waals surface area contributed by atoms with E-state index in [1.807, 2.05) is 13.8 Å². The molecule has 0 radical (unpaired) electrons. The van der Waals surface area contributed by atoms with Gasteiger partial charge >= 0.3 is 5.97 Å². The van der Waals surface area contributed by atoms with Gasteiger partial charge in [-0.15, -0.1) is 0 Å². The van der Waals surface area contributed by atoms with Crippen LogP contribution in [-0.2, 0) is 19.1 Å². The molecule has 1 saturated heterocycles. The molecule has 1 rings (SSSR count). The van der Waals surface area contributed by atoms with Gasteiger partial charge < -0.3 is 4.74 Å². The fraction of sp³-hybridized carbons (Fsp3) is 0.750. The molecule has 0 aromatic carbocycles. The number of hydrogen-bond acceptors (Lipinski definition) is 4. The lowest BCUT2D eigenvalue weighted by Gasteiger charge is -2.22. The van der Waals surface area contributed by atoms with E-state index in [1.54, 1.807) is 13.8 Å². The molecule has 0 bridgehead atoms. The predicted molar refractivity (Wildman–Crippen MR) is 63.1 cm³/mol. The van der Waals surface area contributed by atoms with Gasteiger partial charge in [-0.3, -0.25) is 19.3 Å². The first-order valence-corrected chi connectivity index (χ1v) is 5.92. The number of likely N-dealkylation sites (tertiary alicyclic amines) is 1. The zero-order valence-corrected chi connectivity index (χ0v) is 11.1. The van der Waals surface area contributed by atoms with Crippen molar-refractivity contribution in [3.05, 3.63) is 0 Å². The Morgan fingerprint density at radius 2 is 2.00 bits per heavy atom. The molecule has 2 atom stereocenters. The van der Waals surface area contributed by atoms with Crippen molar-refractivity contribution in [2.75, 3.05) is 6.61 Å². The summed E-state index contributed by atoms with van der Waals surface area (Å²) in [4.78, 5) is 34.8. The van der Waals surface area contributed by atoms with Crippen LogP contribution >= 0.6 is 0 Å². The van der Waals surface area contributed by atoms with Crippen LogP contribution in [-0.4, -0.2) is 35.3 Å². The minimum atomic E-state index is -0.408. The summed E-state index contributed by atoms with van der Waals surface area (Å²) >= 11 is 0. The van der Waals surface area contributed by atoms with Crippen LogP contribution in [0.15, 0.2) is 0 Å². The fourth-order valence-electron chi connectivity index (χ4n) is 1.58. The molecule has 2 amide bonds. The van der Waals surface area contributed by atoms with Crippen LogP contribution in [0.1, 0.15) is 41.0 Å². The summed E-state index contributed by atoms with van der Waals surface area (Å²) in [5, 5.41) is 0. The summed E-state index contributed by atoms with van der Waals surface area (Å²) < 4.78 is 4.76. The Balaban J connectivity index is 0.00000121. The quantitative estimate of drug-likeness (QED) is 0.554. The number of nitrogens with zero attached hydrogens (tertiary/aromatic N) is 1. The minimum absolute atomic E-state index is 0.0690. The highest BCUT2D eigenvalue weighted by molar-refractivity contribution is 6.03. The number of imide groups is 1. The van der Waals surface area contributed by atoms with Crippen molar-refractivity contribution in [3.8, 4) is 0 Å². The van der Waals surface area contributed by atoms with Gasteiger partial charge in [-0.25, -0.2) is 0 Å². The van der Waals surface area contributed by atoms with Gasteiger partial charge in [-0.1, -0.05) is 20.8 Å². The maximum Gasteiger partial charge on any atom is 0.302 e. The van der Waals surface area contributed by atoms with E-state index < -0.39 is 5.97 Å². The Labute approximate surface area is 102 Å². The van der Waals surface area contributed by atoms with E-state index in [9.17, 15) is 14.4 Å². The van der Waals surface area contributed by atoms with Gasteiger partial charge in [0.2, 0.25) is 11.8 Å². The molecular weight excluding hydrogens is 222 g/mol. The predicted octanol–water partition coefficient (Wildman–Crippen LogP) is 1.36. The number of hydrogen-bond donors (Lipinski definition) is 0. The lowest BCUT2D eigenvalue weighted by Crippen LogP contribution is -2.41. The minimum Gasteiger partial charge on any atom is -0.464 e. The van der Waals surface area contributed by atoms with Crippen molar-refractivity contribution in [1.29, 1.82) is 0 Å². The summed E-state index contributed by atoms with van der Waals surface area (Å²) in [5.41, 5.74) is 0. The third kappa shape index (κ3) is 4.17. The number of carbonyl (C=O) groups excluding carboxylic acids is 3. The van der Waals surface area contributed by atoms with E-state index in [4.69, 9.17) is 4.74 Å². The van der Waals surface area contributed by atoms with Crippen molar-refractivity contribution in [3.63, 3.8) is 0 Å². The number of amides is 2. The van der Waals surface area contributed by atoms with Gasteiger partial charge in [0.1, 0.15) is 6.61 Å². The first-order valence-electron chi connectivity index (χ1n) is 5.92. The van der Waals surface area contributed by atoms with Gasteiger partial charge in [0.05, 0.1) is 6.04 Å². The fourth-order valence-corrected chi connectivity index (χ4v) is 1.58. The Hall–Kier alpha value is -1.39. The molecule has 0 aliphatic carbocycles. The lowest BCUT2D eigenvalue weighted by atomic mass is 10.1. The molecule has 0 aromatic rings. The second-order valence-electron chi connectivity index (χ2n) is 3.86. The van der Waals surface area contributed by atoms with Gasteiger partial charge in [0.15, 0.2) is 0 Å². The molecule has 1 heterocycles. The van der Waals surface area contributed by atoms with Crippen molar-refractivity contribution >= 4 is 17.8 Å². The number of esters is 1. The average molecular weight is 243 g/mol. The van der Waals surface area contributed by atoms with Gasteiger partial charge in [0.25, 0.3) is 0 Å². The van der Waals surface area contributed by atoms with E-state index in [0.717, 1.165) is 0 Å². The first kappa shape index (κ1) is 15.6. The van der Waals surface area contributed by atoms with Crippen LogP contribution in [0, 0.1) is 5.92 Å². The van der Waals surface area contributed by atoms with E-state index in [-0.39, 0.29) is 36.8 Å². The van der Waals surface area contributed by atoms with Crippen molar-refractivity contribution in [2.45, 2.75) is 47.1 Å². The molecule has 0 aromatic heterocycles.